The molecule has 11 aromatic rings. The van der Waals surface area contributed by atoms with Gasteiger partial charge in [0.15, 0.2) is 5.82 Å². The Morgan fingerprint density at radius 1 is 0.447 bits per heavy atom. The molecule has 0 amide bonds. The Bertz CT molecular complexity index is 3200. The van der Waals surface area contributed by atoms with Crippen LogP contribution in [0.25, 0.3) is 116 Å². The maximum absolute atomic E-state index is 6.50. The van der Waals surface area contributed by atoms with Crippen molar-refractivity contribution in [2.45, 2.75) is 0 Å². The first kappa shape index (κ1) is 23.9. The Balaban J connectivity index is 1.29. The van der Waals surface area contributed by atoms with Crippen LogP contribution in [0.15, 0.2) is 136 Å². The van der Waals surface area contributed by atoms with Crippen molar-refractivity contribution in [3.8, 4) is 28.2 Å². The third-order valence-electron chi connectivity index (χ3n) is 10.1. The molecule has 47 heavy (non-hydrogen) atoms. The fourth-order valence-corrected chi connectivity index (χ4v) is 8.17. The van der Waals surface area contributed by atoms with E-state index in [9.17, 15) is 0 Å². The summed E-state index contributed by atoms with van der Waals surface area (Å²) in [6.45, 7) is 0. The number of aromatic nitrogens is 3. The first-order chi connectivity index (χ1) is 23.3. The van der Waals surface area contributed by atoms with E-state index >= 15 is 0 Å². The quantitative estimate of drug-likeness (QED) is 0.198. The average molecular weight is 600 g/mol. The van der Waals surface area contributed by atoms with Gasteiger partial charge in [-0.15, -0.1) is 0 Å². The average Bonchev–Trinajstić information content (AvgIpc) is 3.76. The fourth-order valence-electron chi connectivity index (χ4n) is 8.17. The zero-order valence-corrected chi connectivity index (χ0v) is 24.8. The van der Waals surface area contributed by atoms with Gasteiger partial charge < -0.3 is 8.83 Å². The van der Waals surface area contributed by atoms with Crippen molar-refractivity contribution in [1.29, 1.82) is 0 Å². The van der Waals surface area contributed by atoms with Crippen molar-refractivity contribution < 1.29 is 8.83 Å². The number of fused-ring (bicyclic) bond motifs is 5. The molecule has 1 aliphatic carbocycles. The van der Waals surface area contributed by atoms with Crippen LogP contribution >= 0.6 is 0 Å². The Kier molecular flexibility index (Phi) is 4.17. The van der Waals surface area contributed by atoms with E-state index in [0.29, 0.717) is 0 Å². The highest BCUT2D eigenvalue weighted by Gasteiger charge is 2.28. The molecule has 0 unspecified atom stereocenters. The summed E-state index contributed by atoms with van der Waals surface area (Å²) in [5.74, 6) is 0.792. The second-order valence-corrected chi connectivity index (χ2v) is 12.5. The van der Waals surface area contributed by atoms with E-state index in [-0.39, 0.29) is 0 Å². The van der Waals surface area contributed by atoms with E-state index in [1.807, 2.05) is 36.4 Å². The molecular weight excluding hydrogens is 578 g/mol. The van der Waals surface area contributed by atoms with Gasteiger partial charge in [-0.3, -0.25) is 4.57 Å². The molecule has 0 radical (unpaired) electrons. The van der Waals surface area contributed by atoms with E-state index in [1.165, 1.54) is 32.7 Å². The number of hydrogen-bond acceptors (Lipinski definition) is 4. The van der Waals surface area contributed by atoms with E-state index in [0.717, 1.165) is 83.0 Å². The summed E-state index contributed by atoms with van der Waals surface area (Å²) in [6.07, 6.45) is 0. The van der Waals surface area contributed by atoms with Gasteiger partial charge in [0.2, 0.25) is 0 Å². The molecule has 0 spiro atoms. The monoisotopic (exact) mass is 599 g/mol. The molecule has 1 aliphatic rings. The standard InChI is InChI=1S/C42H21N3O2/c1-4-13-32-24(8-1)27-21-23(16-19-33(27)46-32)41-42(44-29-12-3-2-11-28(29)43-41)45-30-17-15-22-7-5-9-25-26-10-6-14-34-37(26)40-35(47-34)20-18-31(45)39(40)38(30)36(22)25/h1-21H. The lowest BCUT2D eigenvalue weighted by Gasteiger charge is -2.15. The molecule has 0 bridgehead atoms. The smallest absolute Gasteiger partial charge is 0.165 e. The first-order valence-electron chi connectivity index (χ1n) is 15.8. The van der Waals surface area contributed by atoms with Gasteiger partial charge in [-0.1, -0.05) is 66.7 Å². The molecule has 0 N–H and O–H groups in total. The van der Waals surface area contributed by atoms with Crippen LogP contribution in [0.2, 0.25) is 0 Å². The Labute approximate surface area is 265 Å². The van der Waals surface area contributed by atoms with E-state index in [2.05, 4.69) is 95.6 Å². The number of nitrogens with zero attached hydrogens (tertiary/aromatic N) is 3. The molecule has 0 aliphatic heterocycles. The summed E-state index contributed by atoms with van der Waals surface area (Å²) in [5, 5.41) is 9.35. The van der Waals surface area contributed by atoms with E-state index < -0.39 is 0 Å². The summed E-state index contributed by atoms with van der Waals surface area (Å²) in [6, 6.07) is 44.5. The predicted molar refractivity (Wildman–Crippen MR) is 190 cm³/mol. The molecule has 0 saturated carbocycles. The minimum absolute atomic E-state index is 0.792. The molecule has 0 fully saturated rings. The number of hydrogen-bond donors (Lipinski definition) is 0. The van der Waals surface area contributed by atoms with Gasteiger partial charge in [0.05, 0.1) is 22.1 Å². The van der Waals surface area contributed by atoms with Crippen LogP contribution in [0.1, 0.15) is 0 Å². The number of para-hydroxylation sites is 3. The highest BCUT2D eigenvalue weighted by atomic mass is 16.3. The highest BCUT2D eigenvalue weighted by Crippen LogP contribution is 2.51. The highest BCUT2D eigenvalue weighted by molar-refractivity contribution is 6.38. The van der Waals surface area contributed by atoms with E-state index in [4.69, 9.17) is 18.8 Å². The summed E-state index contributed by atoms with van der Waals surface area (Å²) in [7, 11) is 0. The molecule has 12 rings (SSSR count). The van der Waals surface area contributed by atoms with Gasteiger partial charge >= 0.3 is 0 Å². The Morgan fingerprint density at radius 3 is 2.02 bits per heavy atom. The normalized spacial score (nSPS) is 12.7. The minimum Gasteiger partial charge on any atom is -0.456 e. The fraction of sp³-hybridized carbons (Fsp3) is 0. The Hall–Kier alpha value is -6.46. The lowest BCUT2D eigenvalue weighted by atomic mass is 9.95. The molecule has 4 heterocycles. The molecular formula is C42H21N3O2. The van der Waals surface area contributed by atoms with Crippen molar-refractivity contribution in [2.75, 3.05) is 0 Å². The van der Waals surface area contributed by atoms with Crippen LogP contribution in [0, 0.1) is 0 Å². The van der Waals surface area contributed by atoms with Crippen LogP contribution in [0.4, 0.5) is 0 Å². The predicted octanol–water partition coefficient (Wildman–Crippen LogP) is 11.3. The molecule has 4 aromatic heterocycles. The molecule has 7 aromatic carbocycles. The molecule has 0 atom stereocenters. The molecule has 0 saturated heterocycles. The lowest BCUT2D eigenvalue weighted by molar-refractivity contribution is 0.668. The third kappa shape index (κ3) is 2.90. The van der Waals surface area contributed by atoms with Gasteiger partial charge in [-0.25, -0.2) is 9.97 Å². The maximum atomic E-state index is 6.50. The summed E-state index contributed by atoms with van der Waals surface area (Å²) < 4.78 is 15.0. The van der Waals surface area contributed by atoms with Gasteiger partial charge in [0, 0.05) is 37.9 Å². The second kappa shape index (κ2) is 8.22. The van der Waals surface area contributed by atoms with Gasteiger partial charge in [-0.05, 0) is 82.6 Å². The lowest BCUT2D eigenvalue weighted by Crippen LogP contribution is -2.03. The minimum atomic E-state index is 0.792. The van der Waals surface area contributed by atoms with Crippen molar-refractivity contribution in [3.05, 3.63) is 127 Å². The SMILES string of the molecule is c1cc2c3c(c1)ccc1c3c3c4c(ccc3n1-c1nc3ccccc3nc1-c1ccc3oc5ccccc5c3c1)oc1cccc-2c14. The molecule has 216 valence electrons. The third-order valence-corrected chi connectivity index (χ3v) is 10.1. The molecule has 5 heteroatoms. The summed E-state index contributed by atoms with van der Waals surface area (Å²) >= 11 is 0. The largest absolute Gasteiger partial charge is 0.456 e. The van der Waals surface area contributed by atoms with Crippen LogP contribution in [-0.2, 0) is 0 Å². The van der Waals surface area contributed by atoms with Crippen LogP contribution in [0.3, 0.4) is 0 Å². The van der Waals surface area contributed by atoms with Crippen LogP contribution in [0.5, 0.6) is 0 Å². The zero-order chi connectivity index (χ0) is 30.4. The number of rotatable bonds is 2. The number of benzene rings is 7. The van der Waals surface area contributed by atoms with Gasteiger partial charge in [-0.2, -0.15) is 0 Å². The van der Waals surface area contributed by atoms with Crippen molar-refractivity contribution >= 4 is 87.5 Å². The van der Waals surface area contributed by atoms with Crippen molar-refractivity contribution in [3.63, 3.8) is 0 Å². The van der Waals surface area contributed by atoms with Crippen LogP contribution < -0.4 is 0 Å². The van der Waals surface area contributed by atoms with Crippen molar-refractivity contribution in [1.82, 2.24) is 14.5 Å². The van der Waals surface area contributed by atoms with Gasteiger partial charge in [0.1, 0.15) is 28.0 Å². The molecule has 5 nitrogen and oxygen atoms in total. The maximum Gasteiger partial charge on any atom is 0.165 e. The van der Waals surface area contributed by atoms with Crippen molar-refractivity contribution in [2.24, 2.45) is 0 Å². The van der Waals surface area contributed by atoms with Gasteiger partial charge in [0.25, 0.3) is 0 Å². The second-order valence-electron chi connectivity index (χ2n) is 12.5. The summed E-state index contributed by atoms with van der Waals surface area (Å²) in [4.78, 5) is 10.7. The Morgan fingerprint density at radius 2 is 1.11 bits per heavy atom. The van der Waals surface area contributed by atoms with Crippen LogP contribution in [-0.4, -0.2) is 14.5 Å². The zero-order valence-electron chi connectivity index (χ0n) is 24.8. The first-order valence-corrected chi connectivity index (χ1v) is 15.8. The van der Waals surface area contributed by atoms with E-state index in [1.54, 1.807) is 0 Å². The topological polar surface area (TPSA) is 57.0 Å². The summed E-state index contributed by atoms with van der Waals surface area (Å²) in [5.41, 5.74) is 11.6. The number of furan rings is 2.